The molecular formula is C12H15ClN4O. The number of halogens is 1. The molecule has 96 valence electrons. The Morgan fingerprint density at radius 2 is 2.17 bits per heavy atom. The summed E-state index contributed by atoms with van der Waals surface area (Å²) in [5, 5.41) is 9.43. The van der Waals surface area contributed by atoms with E-state index in [0.717, 1.165) is 37.4 Å². The van der Waals surface area contributed by atoms with Crippen molar-refractivity contribution >= 4 is 11.6 Å². The largest absolute Gasteiger partial charge is 0.381 e. The zero-order valence-corrected chi connectivity index (χ0v) is 11.0. The highest BCUT2D eigenvalue weighted by molar-refractivity contribution is 6.29. The van der Waals surface area contributed by atoms with Crippen molar-refractivity contribution in [2.24, 2.45) is 7.05 Å². The Kier molecular flexibility index (Phi) is 3.09. The average Bonchev–Trinajstić information content (AvgIpc) is 2.96. The molecule has 3 heterocycles. The van der Waals surface area contributed by atoms with Gasteiger partial charge in [-0.15, -0.1) is 0 Å². The van der Waals surface area contributed by atoms with Crippen LogP contribution in [0.2, 0.25) is 5.15 Å². The number of ether oxygens (including phenoxy) is 1. The van der Waals surface area contributed by atoms with Gasteiger partial charge in [-0.2, -0.15) is 10.2 Å². The monoisotopic (exact) mass is 266 g/mol. The van der Waals surface area contributed by atoms with E-state index in [1.54, 1.807) is 10.9 Å². The molecule has 1 fully saturated rings. The van der Waals surface area contributed by atoms with Crippen LogP contribution in [0.25, 0.3) is 11.4 Å². The summed E-state index contributed by atoms with van der Waals surface area (Å²) in [7, 11) is 1.90. The van der Waals surface area contributed by atoms with Gasteiger partial charge in [0.15, 0.2) is 0 Å². The first kappa shape index (κ1) is 11.7. The van der Waals surface area contributed by atoms with Crippen LogP contribution < -0.4 is 0 Å². The van der Waals surface area contributed by atoms with E-state index < -0.39 is 0 Å². The Labute approximate surface area is 110 Å². The normalized spacial score (nSPS) is 17.2. The molecule has 2 aromatic rings. The van der Waals surface area contributed by atoms with Crippen LogP contribution in [0.15, 0.2) is 18.3 Å². The van der Waals surface area contributed by atoms with E-state index in [4.69, 9.17) is 16.3 Å². The van der Waals surface area contributed by atoms with Gasteiger partial charge in [0.2, 0.25) is 0 Å². The summed E-state index contributed by atoms with van der Waals surface area (Å²) in [5.74, 6) is 0. The minimum Gasteiger partial charge on any atom is -0.381 e. The Balaban J connectivity index is 1.93. The van der Waals surface area contributed by atoms with E-state index in [1.807, 2.05) is 23.9 Å². The molecule has 3 rings (SSSR count). The van der Waals surface area contributed by atoms with Gasteiger partial charge in [0, 0.05) is 32.5 Å². The molecule has 0 aromatic carbocycles. The Morgan fingerprint density at radius 1 is 1.39 bits per heavy atom. The molecule has 0 aliphatic carbocycles. The fourth-order valence-electron chi connectivity index (χ4n) is 2.31. The lowest BCUT2D eigenvalue weighted by molar-refractivity contribution is 0.0664. The van der Waals surface area contributed by atoms with Crippen molar-refractivity contribution < 1.29 is 4.74 Å². The Morgan fingerprint density at radius 3 is 2.83 bits per heavy atom. The predicted molar refractivity (Wildman–Crippen MR) is 68.5 cm³/mol. The minimum atomic E-state index is 0.341. The third-order valence-electron chi connectivity index (χ3n) is 3.31. The summed E-state index contributed by atoms with van der Waals surface area (Å²) >= 11 is 6.28. The fourth-order valence-corrected chi connectivity index (χ4v) is 2.59. The number of aromatic nitrogens is 4. The van der Waals surface area contributed by atoms with Gasteiger partial charge in [-0.3, -0.25) is 9.36 Å². The summed E-state index contributed by atoms with van der Waals surface area (Å²) in [6, 6.07) is 4.18. The lowest BCUT2D eigenvalue weighted by Gasteiger charge is -2.22. The van der Waals surface area contributed by atoms with Crippen LogP contribution in [0.5, 0.6) is 0 Å². The molecular weight excluding hydrogens is 252 g/mol. The second-order valence-electron chi connectivity index (χ2n) is 4.48. The number of rotatable bonds is 2. The highest BCUT2D eigenvalue weighted by Crippen LogP contribution is 2.28. The van der Waals surface area contributed by atoms with Crippen LogP contribution in [0, 0.1) is 0 Å². The van der Waals surface area contributed by atoms with E-state index in [2.05, 4.69) is 10.2 Å². The molecule has 0 saturated carbocycles. The molecule has 1 aliphatic rings. The zero-order valence-electron chi connectivity index (χ0n) is 10.2. The fraction of sp³-hybridized carbons (Fsp3) is 0.500. The smallest absolute Gasteiger partial charge is 0.128 e. The van der Waals surface area contributed by atoms with Gasteiger partial charge >= 0.3 is 0 Å². The molecule has 1 saturated heterocycles. The quantitative estimate of drug-likeness (QED) is 0.838. The van der Waals surface area contributed by atoms with Crippen molar-refractivity contribution in [3.05, 3.63) is 23.5 Å². The van der Waals surface area contributed by atoms with Crippen LogP contribution in [0.4, 0.5) is 0 Å². The molecule has 0 N–H and O–H groups in total. The number of aryl methyl sites for hydroxylation is 1. The molecule has 0 spiro atoms. The van der Waals surface area contributed by atoms with Gasteiger partial charge in [-0.05, 0) is 18.9 Å². The van der Waals surface area contributed by atoms with Crippen molar-refractivity contribution in [2.45, 2.75) is 18.9 Å². The van der Waals surface area contributed by atoms with E-state index in [-0.39, 0.29) is 0 Å². The van der Waals surface area contributed by atoms with E-state index in [9.17, 15) is 0 Å². The van der Waals surface area contributed by atoms with E-state index in [0.29, 0.717) is 11.2 Å². The second kappa shape index (κ2) is 4.74. The predicted octanol–water partition coefficient (Wildman–Crippen LogP) is 2.29. The summed E-state index contributed by atoms with van der Waals surface area (Å²) in [4.78, 5) is 0. The molecule has 1 aliphatic heterocycles. The van der Waals surface area contributed by atoms with Gasteiger partial charge < -0.3 is 4.74 Å². The van der Waals surface area contributed by atoms with Crippen molar-refractivity contribution in [2.75, 3.05) is 13.2 Å². The molecule has 0 bridgehead atoms. The molecule has 6 heteroatoms. The third-order valence-corrected chi connectivity index (χ3v) is 3.59. The maximum atomic E-state index is 6.28. The molecule has 5 nitrogen and oxygen atoms in total. The first-order valence-corrected chi connectivity index (χ1v) is 6.44. The van der Waals surface area contributed by atoms with Crippen LogP contribution in [0.3, 0.4) is 0 Å². The standard InChI is InChI=1S/C12H15ClN4O/c1-16-11(2-5-14-16)10-8-12(13)17(15-10)9-3-6-18-7-4-9/h2,5,8-9H,3-4,6-7H2,1H3. The maximum absolute atomic E-state index is 6.28. The molecule has 18 heavy (non-hydrogen) atoms. The van der Waals surface area contributed by atoms with Gasteiger partial charge in [-0.1, -0.05) is 11.6 Å². The number of hydrogen-bond acceptors (Lipinski definition) is 3. The zero-order chi connectivity index (χ0) is 12.5. The second-order valence-corrected chi connectivity index (χ2v) is 4.87. The lowest BCUT2D eigenvalue weighted by atomic mass is 10.1. The van der Waals surface area contributed by atoms with Gasteiger partial charge in [0.25, 0.3) is 0 Å². The molecule has 0 amide bonds. The third kappa shape index (κ3) is 2.04. The summed E-state index contributed by atoms with van der Waals surface area (Å²) in [6.07, 6.45) is 3.69. The molecule has 2 aromatic heterocycles. The lowest BCUT2D eigenvalue weighted by Crippen LogP contribution is -2.20. The topological polar surface area (TPSA) is 44.9 Å². The van der Waals surface area contributed by atoms with Crippen molar-refractivity contribution in [1.29, 1.82) is 0 Å². The summed E-state index contributed by atoms with van der Waals surface area (Å²) in [6.45, 7) is 1.56. The van der Waals surface area contributed by atoms with Crippen molar-refractivity contribution in [3.63, 3.8) is 0 Å². The summed E-state index contributed by atoms with van der Waals surface area (Å²) in [5.41, 5.74) is 1.84. The molecule has 0 atom stereocenters. The van der Waals surface area contributed by atoms with Crippen LogP contribution in [-0.2, 0) is 11.8 Å². The van der Waals surface area contributed by atoms with Gasteiger partial charge in [0.05, 0.1) is 11.7 Å². The van der Waals surface area contributed by atoms with E-state index in [1.165, 1.54) is 0 Å². The SMILES string of the molecule is Cn1nccc1-c1cc(Cl)n(C2CCOCC2)n1. The van der Waals surface area contributed by atoms with Crippen LogP contribution >= 0.6 is 11.6 Å². The van der Waals surface area contributed by atoms with Gasteiger partial charge in [0.1, 0.15) is 10.8 Å². The van der Waals surface area contributed by atoms with Crippen LogP contribution in [-0.4, -0.2) is 32.8 Å². The molecule has 0 unspecified atom stereocenters. The van der Waals surface area contributed by atoms with Crippen molar-refractivity contribution in [1.82, 2.24) is 19.6 Å². The van der Waals surface area contributed by atoms with Gasteiger partial charge in [-0.25, -0.2) is 0 Å². The van der Waals surface area contributed by atoms with Crippen molar-refractivity contribution in [3.8, 4) is 11.4 Å². The van der Waals surface area contributed by atoms with Crippen LogP contribution in [0.1, 0.15) is 18.9 Å². The minimum absolute atomic E-state index is 0.341. The van der Waals surface area contributed by atoms with E-state index >= 15 is 0 Å². The first-order chi connectivity index (χ1) is 8.75. The number of nitrogens with zero attached hydrogens (tertiary/aromatic N) is 4. The first-order valence-electron chi connectivity index (χ1n) is 6.07. The Hall–Kier alpha value is -1.33. The average molecular weight is 267 g/mol. The highest BCUT2D eigenvalue weighted by Gasteiger charge is 2.20. The summed E-state index contributed by atoms with van der Waals surface area (Å²) < 4.78 is 9.07. The molecule has 0 radical (unpaired) electrons. The Bertz CT molecular complexity index is 542. The number of hydrogen-bond donors (Lipinski definition) is 0. The highest BCUT2D eigenvalue weighted by atomic mass is 35.5. The maximum Gasteiger partial charge on any atom is 0.128 e.